The number of likely N-dealkylation sites (tertiary alicyclic amines) is 1. The Morgan fingerprint density at radius 3 is 2.82 bits per heavy atom. The maximum atomic E-state index is 12.7. The van der Waals surface area contributed by atoms with Gasteiger partial charge in [0.2, 0.25) is 0 Å². The number of hydrogen-bond acceptors (Lipinski definition) is 5. The number of methoxy groups -OCH3 is 1. The van der Waals surface area contributed by atoms with Gasteiger partial charge in [-0.05, 0) is 31.0 Å². The van der Waals surface area contributed by atoms with Crippen molar-refractivity contribution in [2.45, 2.75) is 25.3 Å². The van der Waals surface area contributed by atoms with Gasteiger partial charge in [-0.1, -0.05) is 12.1 Å². The van der Waals surface area contributed by atoms with Crippen LogP contribution in [0.2, 0.25) is 0 Å². The van der Waals surface area contributed by atoms with E-state index in [4.69, 9.17) is 9.15 Å². The Morgan fingerprint density at radius 1 is 1.25 bits per heavy atom. The van der Waals surface area contributed by atoms with Crippen LogP contribution in [-0.2, 0) is 6.54 Å². The molecule has 7 heteroatoms. The summed E-state index contributed by atoms with van der Waals surface area (Å²) in [5, 5.41) is 5.34. The number of fused-ring (bicyclic) bond motifs is 1. The van der Waals surface area contributed by atoms with E-state index in [1.165, 1.54) is 0 Å². The molecule has 1 aliphatic carbocycles. The van der Waals surface area contributed by atoms with Crippen molar-refractivity contribution >= 4 is 16.9 Å². The molecular weight excluding hydrogens is 358 g/mol. The first kappa shape index (κ1) is 17.0. The van der Waals surface area contributed by atoms with Gasteiger partial charge < -0.3 is 14.1 Å². The maximum absolute atomic E-state index is 12.7. The summed E-state index contributed by atoms with van der Waals surface area (Å²) in [4.78, 5) is 26.5. The third-order valence-corrected chi connectivity index (χ3v) is 5.50. The highest BCUT2D eigenvalue weighted by molar-refractivity contribution is 5.97. The van der Waals surface area contributed by atoms with Gasteiger partial charge in [-0.3, -0.25) is 9.59 Å². The van der Waals surface area contributed by atoms with Crippen molar-refractivity contribution in [3.63, 3.8) is 0 Å². The molecule has 2 fully saturated rings. The van der Waals surface area contributed by atoms with E-state index in [1.54, 1.807) is 34.9 Å². The Hall–Kier alpha value is -3.09. The highest BCUT2D eigenvalue weighted by Crippen LogP contribution is 2.38. The van der Waals surface area contributed by atoms with E-state index in [2.05, 4.69) is 5.10 Å². The smallest absolute Gasteiger partial charge is 0.289 e. The molecule has 0 atom stereocenters. The number of carbonyl (C=O) groups excluding carboxylic acids is 1. The van der Waals surface area contributed by atoms with Crippen molar-refractivity contribution in [2.75, 3.05) is 20.2 Å². The fourth-order valence-corrected chi connectivity index (χ4v) is 3.75. The van der Waals surface area contributed by atoms with Gasteiger partial charge in [-0.15, -0.1) is 0 Å². The molecule has 0 bridgehead atoms. The highest BCUT2D eigenvalue weighted by Gasteiger charge is 2.34. The van der Waals surface area contributed by atoms with Gasteiger partial charge in [0.1, 0.15) is 0 Å². The first-order chi connectivity index (χ1) is 13.6. The molecule has 0 N–H and O–H groups in total. The van der Waals surface area contributed by atoms with E-state index in [-0.39, 0.29) is 17.4 Å². The van der Waals surface area contributed by atoms with Gasteiger partial charge in [0.25, 0.3) is 11.5 Å². The number of rotatable bonds is 5. The van der Waals surface area contributed by atoms with E-state index in [9.17, 15) is 9.59 Å². The van der Waals surface area contributed by atoms with Crippen molar-refractivity contribution < 1.29 is 13.9 Å². The third-order valence-electron chi connectivity index (χ3n) is 5.50. The lowest BCUT2D eigenvalue weighted by Crippen LogP contribution is -2.52. The number of ether oxygens (including phenoxy) is 1. The molecule has 1 aliphatic heterocycles. The van der Waals surface area contributed by atoms with Crippen LogP contribution in [0.1, 0.15) is 35.0 Å². The zero-order valence-electron chi connectivity index (χ0n) is 15.6. The number of nitrogens with zero attached hydrogens (tertiary/aromatic N) is 3. The minimum atomic E-state index is -0.137. The summed E-state index contributed by atoms with van der Waals surface area (Å²) < 4.78 is 12.6. The van der Waals surface area contributed by atoms with E-state index in [0.717, 1.165) is 23.9 Å². The molecular formula is C21H21N3O4. The molecule has 7 nitrogen and oxygen atoms in total. The molecule has 0 spiro atoms. The summed E-state index contributed by atoms with van der Waals surface area (Å²) in [5.74, 6) is 1.52. The van der Waals surface area contributed by atoms with Crippen LogP contribution in [0.15, 0.2) is 45.6 Å². The number of benzene rings is 1. The predicted octanol–water partition coefficient (Wildman–Crippen LogP) is 2.65. The van der Waals surface area contributed by atoms with Gasteiger partial charge in [0.05, 0.1) is 19.3 Å². The average molecular weight is 379 g/mol. The Bertz CT molecular complexity index is 1110. The van der Waals surface area contributed by atoms with Crippen molar-refractivity contribution in [1.29, 1.82) is 0 Å². The van der Waals surface area contributed by atoms with Crippen molar-refractivity contribution in [1.82, 2.24) is 14.7 Å². The fourth-order valence-electron chi connectivity index (χ4n) is 3.75. The molecule has 5 rings (SSSR count). The topological polar surface area (TPSA) is 77.6 Å². The number of furan rings is 1. The van der Waals surface area contributed by atoms with Gasteiger partial charge in [0.15, 0.2) is 17.1 Å². The first-order valence-corrected chi connectivity index (χ1v) is 9.56. The molecule has 3 heterocycles. The fraction of sp³-hybridized carbons (Fsp3) is 0.381. The molecule has 0 unspecified atom stereocenters. The minimum Gasteiger partial charge on any atom is -0.493 e. The molecule has 1 saturated carbocycles. The molecule has 2 aliphatic rings. The zero-order chi connectivity index (χ0) is 19.3. The second kappa shape index (κ2) is 6.51. The molecule has 3 aromatic rings. The van der Waals surface area contributed by atoms with Crippen LogP contribution >= 0.6 is 0 Å². The van der Waals surface area contributed by atoms with Crippen LogP contribution in [-0.4, -0.2) is 40.8 Å². The van der Waals surface area contributed by atoms with Crippen molar-refractivity contribution in [2.24, 2.45) is 5.92 Å². The Balaban J connectivity index is 1.26. The second-order valence-corrected chi connectivity index (χ2v) is 7.62. The Morgan fingerprint density at radius 2 is 2.07 bits per heavy atom. The molecule has 0 radical (unpaired) electrons. The largest absolute Gasteiger partial charge is 0.493 e. The summed E-state index contributed by atoms with van der Waals surface area (Å²) >= 11 is 0. The molecule has 1 amide bonds. The van der Waals surface area contributed by atoms with Crippen LogP contribution in [0.4, 0.5) is 0 Å². The van der Waals surface area contributed by atoms with Crippen molar-refractivity contribution in [3.05, 3.63) is 58.2 Å². The number of hydrogen-bond donors (Lipinski definition) is 0. The minimum absolute atomic E-state index is 0.0847. The first-order valence-electron chi connectivity index (χ1n) is 9.56. The summed E-state index contributed by atoms with van der Waals surface area (Å²) in [6.07, 6.45) is 2.30. The third kappa shape index (κ3) is 2.96. The van der Waals surface area contributed by atoms with Crippen LogP contribution in [0.3, 0.4) is 0 Å². The monoisotopic (exact) mass is 379 g/mol. The van der Waals surface area contributed by atoms with Gasteiger partial charge in [-0.25, -0.2) is 4.68 Å². The average Bonchev–Trinajstić information content (AvgIpc) is 3.42. The number of aromatic nitrogens is 2. The summed E-state index contributed by atoms with van der Waals surface area (Å²) in [5.41, 5.74) is 1.50. The summed E-state index contributed by atoms with van der Waals surface area (Å²) in [7, 11) is 1.58. The van der Waals surface area contributed by atoms with E-state index >= 15 is 0 Å². The van der Waals surface area contributed by atoms with Crippen LogP contribution in [0, 0.1) is 5.92 Å². The standard InChI is InChI=1S/C21H21N3O4/c1-27-17-4-2-3-15-9-18(28-20(15)17)21(26)23-10-13(11-23)12-24-19(25)8-7-16(22-24)14-5-6-14/h2-4,7-9,13-14H,5-6,10-12H2,1H3. The number of amides is 1. The molecule has 2 aromatic heterocycles. The molecule has 1 aromatic carbocycles. The summed E-state index contributed by atoms with van der Waals surface area (Å²) in [6.45, 7) is 1.72. The maximum Gasteiger partial charge on any atom is 0.289 e. The lowest BCUT2D eigenvalue weighted by Gasteiger charge is -2.38. The number of para-hydroxylation sites is 1. The highest BCUT2D eigenvalue weighted by atomic mass is 16.5. The molecule has 144 valence electrons. The normalized spacial score (nSPS) is 17.0. The Labute approximate surface area is 161 Å². The predicted molar refractivity (Wildman–Crippen MR) is 103 cm³/mol. The van der Waals surface area contributed by atoms with Gasteiger partial charge >= 0.3 is 0 Å². The summed E-state index contributed by atoms with van der Waals surface area (Å²) in [6, 6.07) is 10.7. The Kier molecular flexibility index (Phi) is 3.96. The van der Waals surface area contributed by atoms with E-state index in [1.807, 2.05) is 18.2 Å². The van der Waals surface area contributed by atoms with Crippen molar-refractivity contribution in [3.8, 4) is 5.75 Å². The van der Waals surface area contributed by atoms with Crippen LogP contribution in [0.25, 0.3) is 11.0 Å². The lowest BCUT2D eigenvalue weighted by atomic mass is 10.00. The molecule has 1 saturated heterocycles. The SMILES string of the molecule is COc1cccc2cc(C(=O)N3CC(Cn4nc(C5CC5)ccc4=O)C3)oc12. The lowest BCUT2D eigenvalue weighted by molar-refractivity contribution is 0.0429. The quantitative estimate of drug-likeness (QED) is 0.681. The zero-order valence-corrected chi connectivity index (χ0v) is 15.6. The van der Waals surface area contributed by atoms with E-state index in [0.29, 0.717) is 42.6 Å². The molecule has 28 heavy (non-hydrogen) atoms. The van der Waals surface area contributed by atoms with E-state index < -0.39 is 0 Å². The van der Waals surface area contributed by atoms with Gasteiger partial charge in [-0.2, -0.15) is 5.10 Å². The van der Waals surface area contributed by atoms with Gasteiger partial charge in [0, 0.05) is 36.4 Å². The van der Waals surface area contributed by atoms with Crippen LogP contribution < -0.4 is 10.3 Å². The van der Waals surface area contributed by atoms with Crippen LogP contribution in [0.5, 0.6) is 5.75 Å². The number of carbonyl (C=O) groups is 1. The second-order valence-electron chi connectivity index (χ2n) is 7.62.